The normalized spacial score (nSPS) is 9.64. The summed E-state index contributed by atoms with van der Waals surface area (Å²) < 4.78 is 0. The molecule has 0 aliphatic carbocycles. The largest absolute Gasteiger partial charge is 0.281 e. The molecular formula is C10H8N4. The quantitative estimate of drug-likeness (QED) is 0.769. The third kappa shape index (κ3) is 1.62. The number of rotatable bonds is 2. The van der Waals surface area contributed by atoms with Gasteiger partial charge in [-0.15, -0.1) is 0 Å². The van der Waals surface area contributed by atoms with Crippen LogP contribution in [-0.4, -0.2) is 15.2 Å². The van der Waals surface area contributed by atoms with Crippen molar-refractivity contribution in [1.29, 1.82) is 5.26 Å². The van der Waals surface area contributed by atoms with Gasteiger partial charge in [0.2, 0.25) is 0 Å². The van der Waals surface area contributed by atoms with E-state index in [1.807, 2.05) is 18.2 Å². The number of nitrogens with zero attached hydrogens (tertiary/aromatic N) is 3. The number of hydrogen-bond donors (Lipinski definition) is 1. The number of H-pyrrole nitrogens is 1. The van der Waals surface area contributed by atoms with Crippen LogP contribution in [0.2, 0.25) is 0 Å². The molecule has 4 nitrogen and oxygen atoms in total. The molecule has 0 saturated carbocycles. The van der Waals surface area contributed by atoms with Gasteiger partial charge in [-0.2, -0.15) is 10.4 Å². The SMILES string of the molecule is N#CCc1cc(-c2ccncc2)n[nH]1. The first kappa shape index (κ1) is 8.45. The van der Waals surface area contributed by atoms with Crippen LogP contribution < -0.4 is 0 Å². The molecule has 0 aliphatic rings. The van der Waals surface area contributed by atoms with Crippen molar-refractivity contribution in [2.24, 2.45) is 0 Å². The Kier molecular flexibility index (Phi) is 2.24. The van der Waals surface area contributed by atoms with Crippen LogP contribution in [0.4, 0.5) is 0 Å². The summed E-state index contributed by atoms with van der Waals surface area (Å²) in [7, 11) is 0. The van der Waals surface area contributed by atoms with E-state index in [0.29, 0.717) is 6.42 Å². The standard InChI is InChI=1S/C10H8N4/c11-4-1-9-7-10(14-13-9)8-2-5-12-6-3-8/h2-3,5-7H,1H2,(H,13,14). The van der Waals surface area contributed by atoms with Crippen molar-refractivity contribution in [2.75, 3.05) is 0 Å². The Morgan fingerprint density at radius 2 is 2.14 bits per heavy atom. The fourth-order valence-electron chi connectivity index (χ4n) is 1.21. The minimum absolute atomic E-state index is 0.359. The molecule has 0 fully saturated rings. The molecule has 2 aromatic rings. The molecule has 2 heterocycles. The maximum absolute atomic E-state index is 8.49. The highest BCUT2D eigenvalue weighted by molar-refractivity contribution is 5.58. The summed E-state index contributed by atoms with van der Waals surface area (Å²) in [5.74, 6) is 0. The van der Waals surface area contributed by atoms with Gasteiger partial charge >= 0.3 is 0 Å². The summed E-state index contributed by atoms with van der Waals surface area (Å²) in [6, 6.07) is 7.70. The summed E-state index contributed by atoms with van der Waals surface area (Å²) in [4.78, 5) is 3.92. The average molecular weight is 184 g/mol. The van der Waals surface area contributed by atoms with E-state index in [4.69, 9.17) is 5.26 Å². The van der Waals surface area contributed by atoms with Gasteiger partial charge in [0.1, 0.15) is 0 Å². The van der Waals surface area contributed by atoms with Crippen molar-refractivity contribution in [1.82, 2.24) is 15.2 Å². The van der Waals surface area contributed by atoms with Gasteiger partial charge in [-0.1, -0.05) is 0 Å². The minimum atomic E-state index is 0.359. The van der Waals surface area contributed by atoms with Crippen LogP contribution in [0.15, 0.2) is 30.6 Å². The molecule has 14 heavy (non-hydrogen) atoms. The summed E-state index contributed by atoms with van der Waals surface area (Å²) in [5, 5.41) is 15.4. The highest BCUT2D eigenvalue weighted by Gasteiger charge is 2.02. The first-order valence-electron chi connectivity index (χ1n) is 4.22. The smallest absolute Gasteiger partial charge is 0.0925 e. The Morgan fingerprint density at radius 1 is 1.36 bits per heavy atom. The van der Waals surface area contributed by atoms with Crippen molar-refractivity contribution >= 4 is 0 Å². The number of nitriles is 1. The number of aromatic amines is 1. The van der Waals surface area contributed by atoms with E-state index >= 15 is 0 Å². The first-order valence-corrected chi connectivity index (χ1v) is 4.22. The first-order chi connectivity index (χ1) is 6.90. The van der Waals surface area contributed by atoms with E-state index in [0.717, 1.165) is 17.0 Å². The number of hydrogen-bond acceptors (Lipinski definition) is 3. The van der Waals surface area contributed by atoms with Crippen molar-refractivity contribution in [3.63, 3.8) is 0 Å². The Labute approximate surface area is 81.2 Å². The highest BCUT2D eigenvalue weighted by Crippen LogP contribution is 2.15. The topological polar surface area (TPSA) is 65.4 Å². The lowest BCUT2D eigenvalue weighted by molar-refractivity contribution is 1.02. The van der Waals surface area contributed by atoms with E-state index in [1.165, 1.54) is 0 Å². The molecule has 0 bridgehead atoms. The van der Waals surface area contributed by atoms with Crippen molar-refractivity contribution in [3.8, 4) is 17.3 Å². The molecule has 0 aliphatic heterocycles. The lowest BCUT2D eigenvalue weighted by atomic mass is 10.2. The van der Waals surface area contributed by atoms with E-state index in [9.17, 15) is 0 Å². The molecule has 2 aromatic heterocycles. The van der Waals surface area contributed by atoms with Crippen LogP contribution >= 0.6 is 0 Å². The predicted octanol–water partition coefficient (Wildman–Crippen LogP) is 1.54. The van der Waals surface area contributed by atoms with Gasteiger partial charge in [0.25, 0.3) is 0 Å². The zero-order chi connectivity index (χ0) is 9.80. The van der Waals surface area contributed by atoms with Crippen LogP contribution in [0.3, 0.4) is 0 Å². The molecule has 2 rings (SSSR count). The summed E-state index contributed by atoms with van der Waals surface area (Å²) in [5.41, 5.74) is 2.68. The minimum Gasteiger partial charge on any atom is -0.281 e. The molecule has 1 N–H and O–H groups in total. The third-order valence-corrected chi connectivity index (χ3v) is 1.88. The number of aromatic nitrogens is 3. The second-order valence-electron chi connectivity index (χ2n) is 2.85. The summed E-state index contributed by atoms with van der Waals surface area (Å²) in [6.07, 6.45) is 3.79. The molecule has 0 atom stereocenters. The molecule has 0 radical (unpaired) electrons. The number of nitrogens with one attached hydrogen (secondary N) is 1. The summed E-state index contributed by atoms with van der Waals surface area (Å²) >= 11 is 0. The Hall–Kier alpha value is -2.15. The van der Waals surface area contributed by atoms with E-state index in [2.05, 4.69) is 21.3 Å². The van der Waals surface area contributed by atoms with Gasteiger partial charge in [0, 0.05) is 23.7 Å². The maximum atomic E-state index is 8.49. The van der Waals surface area contributed by atoms with Crippen LogP contribution in [0, 0.1) is 11.3 Å². The second-order valence-corrected chi connectivity index (χ2v) is 2.85. The fourth-order valence-corrected chi connectivity index (χ4v) is 1.21. The van der Waals surface area contributed by atoms with Crippen molar-refractivity contribution in [2.45, 2.75) is 6.42 Å². The fraction of sp³-hybridized carbons (Fsp3) is 0.100. The van der Waals surface area contributed by atoms with Gasteiger partial charge < -0.3 is 0 Å². The van der Waals surface area contributed by atoms with E-state index in [1.54, 1.807) is 12.4 Å². The Balaban J connectivity index is 2.31. The Bertz CT molecular complexity index is 452. The predicted molar refractivity (Wildman–Crippen MR) is 51.1 cm³/mol. The van der Waals surface area contributed by atoms with Gasteiger partial charge in [0.15, 0.2) is 0 Å². The molecule has 0 aromatic carbocycles. The van der Waals surface area contributed by atoms with Crippen molar-refractivity contribution in [3.05, 3.63) is 36.3 Å². The van der Waals surface area contributed by atoms with E-state index in [-0.39, 0.29) is 0 Å². The van der Waals surface area contributed by atoms with Crippen LogP contribution in [0.25, 0.3) is 11.3 Å². The third-order valence-electron chi connectivity index (χ3n) is 1.88. The monoisotopic (exact) mass is 184 g/mol. The van der Waals surface area contributed by atoms with Gasteiger partial charge in [-0.05, 0) is 18.2 Å². The second kappa shape index (κ2) is 3.71. The molecule has 0 spiro atoms. The van der Waals surface area contributed by atoms with Crippen LogP contribution in [0.1, 0.15) is 5.69 Å². The Morgan fingerprint density at radius 3 is 2.86 bits per heavy atom. The highest BCUT2D eigenvalue weighted by atomic mass is 15.1. The molecule has 68 valence electrons. The number of pyridine rings is 1. The van der Waals surface area contributed by atoms with Gasteiger partial charge in [-0.25, -0.2) is 0 Å². The summed E-state index contributed by atoms with van der Waals surface area (Å²) in [6.45, 7) is 0. The van der Waals surface area contributed by atoms with Crippen LogP contribution in [0.5, 0.6) is 0 Å². The van der Waals surface area contributed by atoms with Crippen molar-refractivity contribution < 1.29 is 0 Å². The molecule has 0 unspecified atom stereocenters. The lowest BCUT2D eigenvalue weighted by Gasteiger charge is -1.91. The molecule has 0 saturated heterocycles. The molecule has 4 heteroatoms. The molecule has 0 amide bonds. The van der Waals surface area contributed by atoms with Gasteiger partial charge in [0.05, 0.1) is 18.2 Å². The average Bonchev–Trinajstić information content (AvgIpc) is 2.68. The van der Waals surface area contributed by atoms with Gasteiger partial charge in [-0.3, -0.25) is 10.1 Å². The van der Waals surface area contributed by atoms with Crippen LogP contribution in [-0.2, 0) is 6.42 Å². The zero-order valence-corrected chi connectivity index (χ0v) is 7.44. The van der Waals surface area contributed by atoms with E-state index < -0.39 is 0 Å². The molecular weight excluding hydrogens is 176 g/mol. The maximum Gasteiger partial charge on any atom is 0.0925 e. The zero-order valence-electron chi connectivity index (χ0n) is 7.44. The lowest BCUT2D eigenvalue weighted by Crippen LogP contribution is -1.78.